The molecule has 1 heterocycles. The van der Waals surface area contributed by atoms with Crippen LogP contribution in [0.15, 0.2) is 10.5 Å². The highest BCUT2D eigenvalue weighted by Crippen LogP contribution is 2.40. The van der Waals surface area contributed by atoms with Gasteiger partial charge in [-0.15, -0.1) is 0 Å². The van der Waals surface area contributed by atoms with Gasteiger partial charge in [-0.1, -0.05) is 15.9 Å². The summed E-state index contributed by atoms with van der Waals surface area (Å²) in [6.07, 6.45) is 0.461. The Morgan fingerprint density at radius 2 is 2.33 bits per heavy atom. The maximum atomic E-state index is 13.9. The molecule has 1 atom stereocenters. The van der Waals surface area contributed by atoms with E-state index in [2.05, 4.69) is 15.9 Å². The molecular weight excluding hydrogens is 265 g/mol. The number of ether oxygens (including phenoxy) is 2. The highest BCUT2D eigenvalue weighted by atomic mass is 79.9. The van der Waals surface area contributed by atoms with Crippen molar-refractivity contribution in [2.24, 2.45) is 5.73 Å². The monoisotopic (exact) mass is 275 g/mol. The lowest BCUT2D eigenvalue weighted by molar-refractivity contribution is 0.170. The molecule has 5 heteroatoms. The minimum absolute atomic E-state index is 0.0698. The molecular formula is C10H11BrFNO2. The van der Waals surface area contributed by atoms with Gasteiger partial charge in [-0.3, -0.25) is 0 Å². The third-order valence-electron chi connectivity index (χ3n) is 2.18. The molecule has 0 saturated heterocycles. The minimum atomic E-state index is -0.380. The first-order chi connectivity index (χ1) is 7.09. The predicted octanol–water partition coefficient (Wildman–Crippen LogP) is 2.21. The van der Waals surface area contributed by atoms with Crippen LogP contribution in [0, 0.1) is 5.82 Å². The predicted molar refractivity (Wildman–Crippen MR) is 57.6 cm³/mol. The molecule has 0 amide bonds. The lowest BCUT2D eigenvalue weighted by Gasteiger charge is -2.10. The Hall–Kier alpha value is -0.810. The fraction of sp³-hybridized carbons (Fsp3) is 0.400. The second-order valence-corrected chi connectivity index (χ2v) is 4.42. The number of hydrogen-bond donors (Lipinski definition) is 1. The highest BCUT2D eigenvalue weighted by Gasteiger charge is 2.24. The summed E-state index contributed by atoms with van der Waals surface area (Å²) in [7, 11) is 0. The average Bonchev–Trinajstić information content (AvgIpc) is 2.59. The molecule has 0 saturated carbocycles. The van der Waals surface area contributed by atoms with Gasteiger partial charge < -0.3 is 15.2 Å². The van der Waals surface area contributed by atoms with Crippen molar-refractivity contribution in [2.45, 2.75) is 19.4 Å². The zero-order valence-corrected chi connectivity index (χ0v) is 9.80. The Bertz CT molecular complexity index is 395. The van der Waals surface area contributed by atoms with Crippen molar-refractivity contribution < 1.29 is 13.9 Å². The molecule has 2 rings (SSSR count). The second kappa shape index (κ2) is 3.98. The fourth-order valence-electron chi connectivity index (χ4n) is 1.52. The van der Waals surface area contributed by atoms with E-state index in [1.165, 1.54) is 0 Å². The Labute approximate surface area is 95.5 Å². The highest BCUT2D eigenvalue weighted by molar-refractivity contribution is 9.10. The van der Waals surface area contributed by atoms with E-state index in [1.807, 2.05) is 6.92 Å². The van der Waals surface area contributed by atoms with Crippen molar-refractivity contribution in [3.05, 3.63) is 21.9 Å². The Morgan fingerprint density at radius 3 is 3.00 bits per heavy atom. The van der Waals surface area contributed by atoms with Gasteiger partial charge in [0.25, 0.3) is 0 Å². The molecule has 1 aliphatic rings. The first-order valence-corrected chi connectivity index (χ1v) is 5.41. The van der Waals surface area contributed by atoms with Gasteiger partial charge in [-0.25, -0.2) is 4.39 Å². The zero-order chi connectivity index (χ0) is 11.0. The Balaban J connectivity index is 2.46. The largest absolute Gasteiger partial charge is 0.453 e. The lowest BCUT2D eigenvalue weighted by atomic mass is 10.1. The van der Waals surface area contributed by atoms with Crippen LogP contribution in [0.2, 0.25) is 0 Å². The van der Waals surface area contributed by atoms with Crippen LogP contribution in [-0.2, 0) is 6.42 Å². The molecule has 0 aliphatic carbocycles. The maximum absolute atomic E-state index is 13.9. The number of rotatable bonds is 2. The SMILES string of the molecule is CC(N)Cc1c(Br)cc2c(c1F)OCO2. The summed E-state index contributed by atoms with van der Waals surface area (Å²) in [4.78, 5) is 0. The van der Waals surface area contributed by atoms with Gasteiger partial charge in [0.1, 0.15) is 0 Å². The van der Waals surface area contributed by atoms with Crippen LogP contribution < -0.4 is 15.2 Å². The molecule has 3 nitrogen and oxygen atoms in total. The molecule has 0 aromatic heterocycles. The second-order valence-electron chi connectivity index (χ2n) is 3.57. The third kappa shape index (κ3) is 1.94. The van der Waals surface area contributed by atoms with E-state index in [4.69, 9.17) is 15.2 Å². The molecule has 0 spiro atoms. The molecule has 0 bridgehead atoms. The Kier molecular flexibility index (Phi) is 2.84. The third-order valence-corrected chi connectivity index (χ3v) is 2.89. The van der Waals surface area contributed by atoms with Gasteiger partial charge >= 0.3 is 0 Å². The van der Waals surface area contributed by atoms with E-state index in [0.29, 0.717) is 22.2 Å². The standard InChI is InChI=1S/C10H11BrFNO2/c1-5(13)2-6-7(11)3-8-10(9(6)12)15-4-14-8/h3,5H,2,4,13H2,1H3. The van der Waals surface area contributed by atoms with Crippen molar-refractivity contribution >= 4 is 15.9 Å². The summed E-state index contributed by atoms with van der Waals surface area (Å²) in [6, 6.07) is 1.61. The van der Waals surface area contributed by atoms with Crippen LogP contribution >= 0.6 is 15.9 Å². The van der Waals surface area contributed by atoms with E-state index in [9.17, 15) is 4.39 Å². The van der Waals surface area contributed by atoms with Crippen LogP contribution in [0.3, 0.4) is 0 Å². The first-order valence-electron chi connectivity index (χ1n) is 4.61. The van der Waals surface area contributed by atoms with Gasteiger partial charge in [0.2, 0.25) is 12.5 Å². The van der Waals surface area contributed by atoms with Crippen molar-refractivity contribution in [1.29, 1.82) is 0 Å². The van der Waals surface area contributed by atoms with Crippen LogP contribution in [0.25, 0.3) is 0 Å². The number of halogens is 2. The summed E-state index contributed by atoms with van der Waals surface area (Å²) in [6.45, 7) is 1.90. The van der Waals surface area contributed by atoms with E-state index in [1.54, 1.807) is 6.07 Å². The summed E-state index contributed by atoms with van der Waals surface area (Å²) in [5.41, 5.74) is 6.18. The van der Waals surface area contributed by atoms with Crippen molar-refractivity contribution in [1.82, 2.24) is 0 Å². The number of nitrogens with two attached hydrogens (primary N) is 1. The van der Waals surface area contributed by atoms with E-state index in [0.717, 1.165) is 0 Å². The smallest absolute Gasteiger partial charge is 0.231 e. The quantitative estimate of drug-likeness (QED) is 0.900. The zero-order valence-electron chi connectivity index (χ0n) is 8.22. The topological polar surface area (TPSA) is 44.5 Å². The van der Waals surface area contributed by atoms with Crippen molar-refractivity contribution in [3.63, 3.8) is 0 Å². The molecule has 1 aromatic rings. The molecule has 1 aromatic carbocycles. The molecule has 0 fully saturated rings. The Morgan fingerprint density at radius 1 is 1.60 bits per heavy atom. The van der Waals surface area contributed by atoms with E-state index in [-0.39, 0.29) is 24.4 Å². The summed E-state index contributed by atoms with van der Waals surface area (Å²) in [5.74, 6) is 0.246. The van der Waals surface area contributed by atoms with Crippen LogP contribution in [0.4, 0.5) is 4.39 Å². The van der Waals surface area contributed by atoms with E-state index >= 15 is 0 Å². The van der Waals surface area contributed by atoms with Gasteiger partial charge in [0.05, 0.1) is 0 Å². The summed E-state index contributed by atoms with van der Waals surface area (Å²) in [5, 5.41) is 0. The number of fused-ring (bicyclic) bond motifs is 1. The van der Waals surface area contributed by atoms with Crippen LogP contribution in [-0.4, -0.2) is 12.8 Å². The maximum Gasteiger partial charge on any atom is 0.231 e. The molecule has 2 N–H and O–H groups in total. The van der Waals surface area contributed by atoms with Crippen LogP contribution in [0.5, 0.6) is 11.5 Å². The molecule has 0 radical (unpaired) electrons. The minimum Gasteiger partial charge on any atom is -0.453 e. The van der Waals surface area contributed by atoms with Gasteiger partial charge in [-0.2, -0.15) is 0 Å². The molecule has 15 heavy (non-hydrogen) atoms. The number of benzene rings is 1. The number of hydrogen-bond acceptors (Lipinski definition) is 3. The lowest BCUT2D eigenvalue weighted by Crippen LogP contribution is -2.19. The average molecular weight is 276 g/mol. The first kappa shape index (κ1) is 10.7. The summed E-state index contributed by atoms with van der Waals surface area (Å²) < 4.78 is 24.7. The van der Waals surface area contributed by atoms with Crippen LogP contribution in [0.1, 0.15) is 12.5 Å². The fourth-order valence-corrected chi connectivity index (χ4v) is 2.06. The van der Waals surface area contributed by atoms with Gasteiger partial charge in [0, 0.05) is 16.1 Å². The van der Waals surface area contributed by atoms with Gasteiger partial charge in [-0.05, 0) is 19.4 Å². The van der Waals surface area contributed by atoms with Gasteiger partial charge in [0.15, 0.2) is 11.6 Å². The van der Waals surface area contributed by atoms with Crippen molar-refractivity contribution in [3.8, 4) is 11.5 Å². The normalized spacial score (nSPS) is 15.5. The van der Waals surface area contributed by atoms with E-state index < -0.39 is 0 Å². The molecule has 1 aliphatic heterocycles. The summed E-state index contributed by atoms with van der Waals surface area (Å²) >= 11 is 3.30. The van der Waals surface area contributed by atoms with Crippen molar-refractivity contribution in [2.75, 3.05) is 6.79 Å². The molecule has 1 unspecified atom stereocenters. The molecule has 82 valence electrons.